The van der Waals surface area contributed by atoms with E-state index in [9.17, 15) is 0 Å². The zero-order valence-corrected chi connectivity index (χ0v) is 14.8. The Morgan fingerprint density at radius 3 is 2.48 bits per heavy atom. The molecule has 1 aromatic rings. The minimum absolute atomic E-state index is 0.0980. The second-order valence-electron chi connectivity index (χ2n) is 6.48. The maximum atomic E-state index is 6.33. The van der Waals surface area contributed by atoms with Crippen LogP contribution in [0.5, 0.6) is 0 Å². The first-order valence-electron chi connectivity index (χ1n) is 7.81. The lowest BCUT2D eigenvalue weighted by Gasteiger charge is -2.46. The number of benzene rings is 1. The van der Waals surface area contributed by atoms with Gasteiger partial charge in [0.15, 0.2) is 0 Å². The Hall–Kier alpha value is -0.280. The summed E-state index contributed by atoms with van der Waals surface area (Å²) in [6.07, 6.45) is 4.85. The van der Waals surface area contributed by atoms with Gasteiger partial charge in [-0.1, -0.05) is 29.6 Å². The molecule has 21 heavy (non-hydrogen) atoms. The van der Waals surface area contributed by atoms with Crippen molar-refractivity contribution in [2.75, 3.05) is 20.1 Å². The molecule has 1 fully saturated rings. The van der Waals surface area contributed by atoms with Gasteiger partial charge in [-0.2, -0.15) is 0 Å². The molecule has 0 saturated carbocycles. The van der Waals surface area contributed by atoms with Crippen LogP contribution >= 0.6 is 23.2 Å². The number of hydrogen-bond donors (Lipinski definition) is 1. The van der Waals surface area contributed by atoms with Gasteiger partial charge >= 0.3 is 0 Å². The van der Waals surface area contributed by atoms with E-state index in [1.807, 2.05) is 25.2 Å². The Labute approximate surface area is 138 Å². The van der Waals surface area contributed by atoms with Crippen LogP contribution in [0.3, 0.4) is 0 Å². The van der Waals surface area contributed by atoms with Crippen molar-refractivity contribution in [3.8, 4) is 0 Å². The van der Waals surface area contributed by atoms with E-state index >= 15 is 0 Å². The molecule has 0 bridgehead atoms. The highest BCUT2D eigenvalue weighted by Crippen LogP contribution is 2.28. The summed E-state index contributed by atoms with van der Waals surface area (Å²) in [5.74, 6) is 0. The molecule has 1 heterocycles. The molecular weight excluding hydrogens is 303 g/mol. The van der Waals surface area contributed by atoms with Crippen molar-refractivity contribution < 1.29 is 0 Å². The van der Waals surface area contributed by atoms with Gasteiger partial charge in [-0.15, -0.1) is 0 Å². The molecule has 0 aliphatic carbocycles. The standard InChI is InChI=1S/C17H26Cl2N2/c1-17(2,21-9-5-4-6-10-21)16(20-3)12-13-11-14(18)7-8-15(13)19/h7-8,11,16,20H,4-6,9-10,12H2,1-3H3. The molecule has 0 aromatic heterocycles. The predicted octanol–water partition coefficient (Wildman–Crippen LogP) is 4.39. The Balaban J connectivity index is 2.16. The largest absolute Gasteiger partial charge is 0.315 e. The van der Waals surface area contributed by atoms with Crippen molar-refractivity contribution in [1.29, 1.82) is 0 Å². The number of hydrogen-bond acceptors (Lipinski definition) is 2. The van der Waals surface area contributed by atoms with Crippen LogP contribution < -0.4 is 5.32 Å². The van der Waals surface area contributed by atoms with Gasteiger partial charge in [0, 0.05) is 21.6 Å². The molecule has 118 valence electrons. The monoisotopic (exact) mass is 328 g/mol. The molecule has 2 nitrogen and oxygen atoms in total. The van der Waals surface area contributed by atoms with Gasteiger partial charge in [0.2, 0.25) is 0 Å². The Kier molecular flexibility index (Phi) is 5.96. The third-order valence-corrected chi connectivity index (χ3v) is 5.41. The Morgan fingerprint density at radius 1 is 1.19 bits per heavy atom. The molecule has 4 heteroatoms. The van der Waals surface area contributed by atoms with Gasteiger partial charge < -0.3 is 5.32 Å². The molecule has 1 aliphatic heterocycles. The molecule has 0 radical (unpaired) electrons. The van der Waals surface area contributed by atoms with Crippen LogP contribution in [0.1, 0.15) is 38.7 Å². The average Bonchev–Trinajstić information content (AvgIpc) is 2.48. The normalized spacial score (nSPS) is 18.7. The van der Waals surface area contributed by atoms with Gasteiger partial charge in [-0.05, 0) is 77.0 Å². The minimum Gasteiger partial charge on any atom is -0.315 e. The highest BCUT2D eigenvalue weighted by molar-refractivity contribution is 6.33. The van der Waals surface area contributed by atoms with Crippen LogP contribution in [-0.2, 0) is 6.42 Å². The van der Waals surface area contributed by atoms with Crippen molar-refractivity contribution >= 4 is 23.2 Å². The summed E-state index contributed by atoms with van der Waals surface area (Å²) < 4.78 is 0. The molecular formula is C17H26Cl2N2. The third kappa shape index (κ3) is 4.13. The molecule has 1 saturated heterocycles. The Morgan fingerprint density at radius 2 is 1.86 bits per heavy atom. The number of likely N-dealkylation sites (N-methyl/N-ethyl adjacent to an activating group) is 1. The van der Waals surface area contributed by atoms with E-state index in [-0.39, 0.29) is 5.54 Å². The summed E-state index contributed by atoms with van der Waals surface area (Å²) in [4.78, 5) is 2.61. The molecule has 0 spiro atoms. The summed E-state index contributed by atoms with van der Waals surface area (Å²) in [5.41, 5.74) is 1.22. The number of nitrogens with one attached hydrogen (secondary N) is 1. The predicted molar refractivity (Wildman–Crippen MR) is 92.5 cm³/mol. The average molecular weight is 329 g/mol. The van der Waals surface area contributed by atoms with Crippen molar-refractivity contribution in [1.82, 2.24) is 10.2 Å². The molecule has 0 amide bonds. The van der Waals surface area contributed by atoms with Gasteiger partial charge in [-0.25, -0.2) is 0 Å². The summed E-state index contributed by atoms with van der Waals surface area (Å²) in [5, 5.41) is 5.04. The second kappa shape index (κ2) is 7.32. The van der Waals surface area contributed by atoms with Crippen LogP contribution in [0.4, 0.5) is 0 Å². The summed E-state index contributed by atoms with van der Waals surface area (Å²) in [6, 6.07) is 6.06. The van der Waals surface area contributed by atoms with Crippen molar-refractivity contribution in [2.24, 2.45) is 0 Å². The first-order valence-corrected chi connectivity index (χ1v) is 8.57. The lowest BCUT2D eigenvalue weighted by atomic mass is 9.86. The molecule has 1 N–H and O–H groups in total. The molecule has 2 rings (SSSR count). The number of nitrogens with zero attached hydrogens (tertiary/aromatic N) is 1. The van der Waals surface area contributed by atoms with E-state index in [2.05, 4.69) is 24.1 Å². The minimum atomic E-state index is 0.0980. The highest BCUT2D eigenvalue weighted by Gasteiger charge is 2.35. The first-order chi connectivity index (χ1) is 9.95. The SMILES string of the molecule is CNC(Cc1cc(Cl)ccc1Cl)C(C)(C)N1CCCCC1. The third-order valence-electron chi connectivity index (χ3n) is 4.80. The number of rotatable bonds is 5. The van der Waals surface area contributed by atoms with Gasteiger partial charge in [0.25, 0.3) is 0 Å². The van der Waals surface area contributed by atoms with E-state index in [4.69, 9.17) is 23.2 Å². The topological polar surface area (TPSA) is 15.3 Å². The van der Waals surface area contributed by atoms with Crippen molar-refractivity contribution in [3.63, 3.8) is 0 Å². The van der Waals surface area contributed by atoms with Crippen LogP contribution in [0, 0.1) is 0 Å². The first kappa shape index (κ1) is 17.1. The van der Waals surface area contributed by atoms with E-state index in [1.165, 1.54) is 32.4 Å². The Bertz CT molecular complexity index is 468. The lowest BCUT2D eigenvalue weighted by molar-refractivity contribution is 0.0635. The zero-order valence-electron chi connectivity index (χ0n) is 13.3. The van der Waals surface area contributed by atoms with E-state index in [0.29, 0.717) is 6.04 Å². The zero-order chi connectivity index (χ0) is 15.5. The van der Waals surface area contributed by atoms with Crippen LogP contribution in [0.2, 0.25) is 10.0 Å². The maximum Gasteiger partial charge on any atom is 0.0439 e. The quantitative estimate of drug-likeness (QED) is 0.862. The van der Waals surface area contributed by atoms with E-state index < -0.39 is 0 Å². The van der Waals surface area contributed by atoms with Crippen LogP contribution in [0.25, 0.3) is 0 Å². The van der Waals surface area contributed by atoms with Gasteiger partial charge in [-0.3, -0.25) is 4.90 Å². The van der Waals surface area contributed by atoms with Crippen LogP contribution in [-0.4, -0.2) is 36.6 Å². The van der Waals surface area contributed by atoms with Gasteiger partial charge in [0.1, 0.15) is 0 Å². The van der Waals surface area contributed by atoms with Crippen LogP contribution in [0.15, 0.2) is 18.2 Å². The van der Waals surface area contributed by atoms with Crippen molar-refractivity contribution in [3.05, 3.63) is 33.8 Å². The number of likely N-dealkylation sites (tertiary alicyclic amines) is 1. The fraction of sp³-hybridized carbons (Fsp3) is 0.647. The van der Waals surface area contributed by atoms with Gasteiger partial charge in [0.05, 0.1) is 0 Å². The maximum absolute atomic E-state index is 6.33. The molecule has 1 unspecified atom stereocenters. The van der Waals surface area contributed by atoms with Crippen molar-refractivity contribution in [2.45, 2.75) is 51.1 Å². The lowest BCUT2D eigenvalue weighted by Crippen LogP contribution is -2.59. The number of piperidine rings is 1. The fourth-order valence-corrected chi connectivity index (χ4v) is 3.70. The highest BCUT2D eigenvalue weighted by atomic mass is 35.5. The summed E-state index contributed by atoms with van der Waals surface area (Å²) in [6.45, 7) is 7.04. The van der Waals surface area contributed by atoms with E-state index in [0.717, 1.165) is 22.0 Å². The fourth-order valence-electron chi connectivity index (χ4n) is 3.32. The summed E-state index contributed by atoms with van der Waals surface area (Å²) in [7, 11) is 2.04. The van der Waals surface area contributed by atoms with E-state index in [1.54, 1.807) is 0 Å². The molecule has 1 aromatic carbocycles. The molecule has 1 aliphatic rings. The smallest absolute Gasteiger partial charge is 0.0439 e. The molecule has 1 atom stereocenters. The second-order valence-corrected chi connectivity index (χ2v) is 7.33. The number of halogens is 2. The summed E-state index contributed by atoms with van der Waals surface area (Å²) >= 11 is 12.5.